The minimum Gasteiger partial charge on any atom is -0.477 e. The number of thioether (sulfide) groups is 1. The van der Waals surface area contributed by atoms with E-state index in [-0.39, 0.29) is 10.9 Å². The number of carbonyl (C=O) groups is 1. The third-order valence-electron chi connectivity index (χ3n) is 6.31. The molecular formula is C24H25FN6O3S. The van der Waals surface area contributed by atoms with Crippen LogP contribution in [0.4, 0.5) is 10.1 Å². The van der Waals surface area contributed by atoms with Crippen molar-refractivity contribution in [2.45, 2.75) is 13.5 Å². The number of rotatable bonds is 6. The molecule has 4 heterocycles. The van der Waals surface area contributed by atoms with Crippen LogP contribution >= 0.6 is 11.8 Å². The molecule has 0 spiro atoms. The number of fused-ring (bicyclic) bond motifs is 1. The van der Waals surface area contributed by atoms with Crippen molar-refractivity contribution in [3.63, 3.8) is 0 Å². The van der Waals surface area contributed by atoms with Crippen molar-refractivity contribution >= 4 is 39.4 Å². The Hall–Kier alpha value is -3.44. The summed E-state index contributed by atoms with van der Waals surface area (Å²) < 4.78 is 16.8. The Bertz CT molecular complexity index is 1350. The summed E-state index contributed by atoms with van der Waals surface area (Å²) in [6.07, 6.45) is 4.86. The van der Waals surface area contributed by atoms with E-state index in [1.54, 1.807) is 34.8 Å². The van der Waals surface area contributed by atoms with E-state index in [1.165, 1.54) is 12.3 Å². The topological polar surface area (TPSA) is 94.3 Å². The zero-order valence-corrected chi connectivity index (χ0v) is 20.0. The number of benzene rings is 1. The third kappa shape index (κ3) is 4.61. The van der Waals surface area contributed by atoms with Gasteiger partial charge in [0.1, 0.15) is 16.4 Å². The standard InChI is InChI=1S/C24H25FN6O3S/c1-2-29-13-18(24(33)34)22(32)17-11-19(25)21(12-20(17)29)30-9-7-28(8-10-30)14-31-15-35-23(27-31)16-3-5-26-6-4-16/h3-6,11-13H,2,7-10,14-15H2,1H3,(H,33,34). The first-order valence-electron chi connectivity index (χ1n) is 11.4. The van der Waals surface area contributed by atoms with Crippen molar-refractivity contribution in [1.82, 2.24) is 19.5 Å². The van der Waals surface area contributed by atoms with Gasteiger partial charge in [0.25, 0.3) is 0 Å². The van der Waals surface area contributed by atoms with Crippen LogP contribution in [-0.2, 0) is 6.54 Å². The highest BCUT2D eigenvalue weighted by Gasteiger charge is 2.25. The quantitative estimate of drug-likeness (QED) is 0.557. The van der Waals surface area contributed by atoms with Gasteiger partial charge in [-0.25, -0.2) is 9.18 Å². The number of hydrazone groups is 1. The van der Waals surface area contributed by atoms with E-state index in [1.807, 2.05) is 29.0 Å². The highest BCUT2D eigenvalue weighted by atomic mass is 32.2. The smallest absolute Gasteiger partial charge is 0.341 e. The molecule has 1 aromatic carbocycles. The Balaban J connectivity index is 1.30. The van der Waals surface area contributed by atoms with Crippen molar-refractivity contribution in [3.8, 4) is 0 Å². The number of halogens is 1. The second-order valence-electron chi connectivity index (χ2n) is 8.45. The summed E-state index contributed by atoms with van der Waals surface area (Å²) in [7, 11) is 0. The molecule has 11 heteroatoms. The van der Waals surface area contributed by atoms with Crippen molar-refractivity contribution < 1.29 is 14.3 Å². The molecule has 0 bridgehead atoms. The lowest BCUT2D eigenvalue weighted by Gasteiger charge is -2.37. The van der Waals surface area contributed by atoms with Crippen LogP contribution in [0, 0.1) is 5.82 Å². The number of hydrogen-bond acceptors (Lipinski definition) is 8. The minimum absolute atomic E-state index is 0.0843. The Morgan fingerprint density at radius 3 is 2.60 bits per heavy atom. The normalized spacial score (nSPS) is 16.7. The zero-order chi connectivity index (χ0) is 24.5. The number of anilines is 1. The first kappa shape index (κ1) is 23.3. The largest absolute Gasteiger partial charge is 0.477 e. The first-order valence-corrected chi connectivity index (χ1v) is 12.4. The van der Waals surface area contributed by atoms with Gasteiger partial charge in [-0.15, -0.1) is 0 Å². The number of aryl methyl sites for hydroxylation is 1. The van der Waals surface area contributed by atoms with Crippen LogP contribution in [-0.4, -0.2) is 74.3 Å². The van der Waals surface area contributed by atoms with Crippen LogP contribution < -0.4 is 10.3 Å². The van der Waals surface area contributed by atoms with E-state index in [0.717, 1.165) is 29.6 Å². The lowest BCUT2D eigenvalue weighted by Crippen LogP contribution is -2.49. The highest BCUT2D eigenvalue weighted by Crippen LogP contribution is 2.27. The number of aromatic carboxylic acids is 1. The predicted molar refractivity (Wildman–Crippen MR) is 135 cm³/mol. The van der Waals surface area contributed by atoms with Gasteiger partial charge in [-0.3, -0.25) is 19.7 Å². The van der Waals surface area contributed by atoms with Gasteiger partial charge in [-0.05, 0) is 31.2 Å². The maximum atomic E-state index is 15.1. The molecule has 2 aliphatic rings. The minimum atomic E-state index is -1.31. The third-order valence-corrected chi connectivity index (χ3v) is 7.32. The molecule has 0 radical (unpaired) electrons. The van der Waals surface area contributed by atoms with Crippen molar-refractivity contribution in [3.05, 3.63) is 70.0 Å². The van der Waals surface area contributed by atoms with Crippen molar-refractivity contribution in [1.29, 1.82) is 0 Å². The molecule has 0 atom stereocenters. The van der Waals surface area contributed by atoms with E-state index in [9.17, 15) is 14.7 Å². The summed E-state index contributed by atoms with van der Waals surface area (Å²) in [6.45, 7) is 5.78. The summed E-state index contributed by atoms with van der Waals surface area (Å²) in [5.74, 6) is -1.05. The van der Waals surface area contributed by atoms with Gasteiger partial charge in [0.15, 0.2) is 0 Å². The molecular weight excluding hydrogens is 471 g/mol. The number of aromatic nitrogens is 2. The molecule has 9 nitrogen and oxygen atoms in total. The van der Waals surface area contributed by atoms with Gasteiger partial charge >= 0.3 is 5.97 Å². The monoisotopic (exact) mass is 496 g/mol. The fraction of sp³-hybridized carbons (Fsp3) is 0.333. The molecule has 0 aliphatic carbocycles. The maximum Gasteiger partial charge on any atom is 0.341 e. The molecule has 3 aromatic rings. The Morgan fingerprint density at radius 2 is 1.91 bits per heavy atom. The molecule has 0 amide bonds. The number of piperazine rings is 1. The van der Waals surface area contributed by atoms with Gasteiger partial charge in [-0.1, -0.05) is 11.8 Å². The van der Waals surface area contributed by atoms with Gasteiger partial charge in [0, 0.05) is 62.3 Å². The molecule has 1 fully saturated rings. The molecule has 2 aliphatic heterocycles. The average molecular weight is 497 g/mol. The number of hydrogen-bond donors (Lipinski definition) is 1. The second kappa shape index (κ2) is 9.67. The fourth-order valence-electron chi connectivity index (χ4n) is 4.45. The van der Waals surface area contributed by atoms with Crippen LogP contribution in [0.2, 0.25) is 0 Å². The molecule has 0 saturated carbocycles. The van der Waals surface area contributed by atoms with Crippen LogP contribution in [0.25, 0.3) is 10.9 Å². The van der Waals surface area contributed by atoms with Gasteiger partial charge in [0.05, 0.1) is 23.7 Å². The molecule has 5 rings (SSSR count). The Kier molecular flexibility index (Phi) is 6.44. The van der Waals surface area contributed by atoms with Gasteiger partial charge in [-0.2, -0.15) is 5.10 Å². The lowest BCUT2D eigenvalue weighted by atomic mass is 10.1. The van der Waals surface area contributed by atoms with Crippen LogP contribution in [0.15, 0.2) is 52.8 Å². The first-order chi connectivity index (χ1) is 16.9. The summed E-state index contributed by atoms with van der Waals surface area (Å²) in [5, 5.41) is 17.2. The summed E-state index contributed by atoms with van der Waals surface area (Å²) >= 11 is 1.70. The van der Waals surface area contributed by atoms with Crippen LogP contribution in [0.5, 0.6) is 0 Å². The summed E-state index contributed by atoms with van der Waals surface area (Å²) in [4.78, 5) is 32.4. The van der Waals surface area contributed by atoms with Crippen molar-refractivity contribution in [2.24, 2.45) is 5.10 Å². The number of nitrogens with zero attached hydrogens (tertiary/aromatic N) is 6. The van der Waals surface area contributed by atoms with Crippen LogP contribution in [0.1, 0.15) is 22.8 Å². The van der Waals surface area contributed by atoms with E-state index in [4.69, 9.17) is 5.10 Å². The van der Waals surface area contributed by atoms with E-state index in [2.05, 4.69) is 9.88 Å². The van der Waals surface area contributed by atoms with E-state index >= 15 is 4.39 Å². The van der Waals surface area contributed by atoms with Gasteiger partial charge < -0.3 is 14.6 Å². The number of carboxylic acids is 1. The SMILES string of the molecule is CCn1cc(C(=O)O)c(=O)c2cc(F)c(N3CCN(CN4CSC(c5ccncc5)=N4)CC3)cc21. The molecule has 1 N–H and O–H groups in total. The zero-order valence-electron chi connectivity index (χ0n) is 19.2. The van der Waals surface area contributed by atoms with Crippen LogP contribution in [0.3, 0.4) is 0 Å². The highest BCUT2D eigenvalue weighted by molar-refractivity contribution is 8.14. The van der Waals surface area contributed by atoms with Crippen molar-refractivity contribution in [2.75, 3.05) is 43.6 Å². The molecule has 1 saturated heterocycles. The lowest BCUT2D eigenvalue weighted by molar-refractivity contribution is 0.0695. The molecule has 0 unspecified atom stereocenters. The number of carboxylic acid groups (broad SMARTS) is 1. The van der Waals surface area contributed by atoms with E-state index in [0.29, 0.717) is 37.5 Å². The summed E-state index contributed by atoms with van der Waals surface area (Å²) in [6, 6.07) is 6.74. The second-order valence-corrected chi connectivity index (χ2v) is 9.38. The molecule has 35 heavy (non-hydrogen) atoms. The average Bonchev–Trinajstić information content (AvgIpc) is 3.34. The van der Waals surface area contributed by atoms with Gasteiger partial charge in [0.2, 0.25) is 5.43 Å². The fourth-order valence-corrected chi connectivity index (χ4v) is 5.33. The maximum absolute atomic E-state index is 15.1. The molecule has 182 valence electrons. The van der Waals surface area contributed by atoms with E-state index < -0.39 is 17.2 Å². The number of pyridine rings is 2. The Morgan fingerprint density at radius 1 is 1.17 bits per heavy atom. The Labute approximate surface area is 205 Å². The summed E-state index contributed by atoms with van der Waals surface area (Å²) in [5.41, 5.74) is 1.01. The predicted octanol–water partition coefficient (Wildman–Crippen LogP) is 2.70. The molecule has 2 aromatic heterocycles.